The quantitative estimate of drug-likeness (QED) is 0.760. The van der Waals surface area contributed by atoms with Gasteiger partial charge in [-0.1, -0.05) is 12.1 Å². The van der Waals surface area contributed by atoms with E-state index in [1.54, 1.807) is 31.2 Å². The second-order valence-electron chi connectivity index (χ2n) is 3.04. The van der Waals surface area contributed by atoms with Crippen molar-refractivity contribution in [1.82, 2.24) is 0 Å². The number of nitrogens with two attached hydrogens (primary N) is 1. The van der Waals surface area contributed by atoms with Crippen LogP contribution >= 0.6 is 0 Å². The smallest absolute Gasteiger partial charge is 0.261 e. The molecule has 4 heteroatoms. The fourth-order valence-electron chi connectivity index (χ4n) is 1.13. The summed E-state index contributed by atoms with van der Waals surface area (Å²) in [7, 11) is 0. The van der Waals surface area contributed by atoms with Crippen LogP contribution in [0.5, 0.6) is 0 Å². The van der Waals surface area contributed by atoms with Crippen molar-refractivity contribution in [2.45, 2.75) is 19.5 Å². The predicted molar refractivity (Wildman–Crippen MR) is 51.2 cm³/mol. The maximum Gasteiger partial charge on any atom is 0.261 e. The summed E-state index contributed by atoms with van der Waals surface area (Å²) in [6.07, 6.45) is -2.79. The Morgan fingerprint density at radius 3 is 2.71 bits per heavy atom. The van der Waals surface area contributed by atoms with Gasteiger partial charge in [-0.05, 0) is 24.6 Å². The van der Waals surface area contributed by atoms with Crippen molar-refractivity contribution >= 4 is 5.69 Å². The molecule has 1 atom stereocenters. The number of anilines is 1. The third-order valence-electron chi connectivity index (χ3n) is 1.85. The zero-order valence-corrected chi connectivity index (χ0v) is 7.91. The van der Waals surface area contributed by atoms with E-state index >= 15 is 0 Å². The van der Waals surface area contributed by atoms with E-state index in [2.05, 4.69) is 0 Å². The molecule has 1 aromatic rings. The summed E-state index contributed by atoms with van der Waals surface area (Å²) in [6.45, 7) is 1.17. The molecular weight excluding hydrogens is 188 g/mol. The maximum absolute atomic E-state index is 11.8. The summed E-state index contributed by atoms with van der Waals surface area (Å²) < 4.78 is 28.6. The Hall–Kier alpha value is -1.16. The van der Waals surface area contributed by atoms with E-state index in [0.29, 0.717) is 5.69 Å². The van der Waals surface area contributed by atoms with Crippen LogP contribution in [0.2, 0.25) is 0 Å². The van der Waals surface area contributed by atoms with Gasteiger partial charge in [-0.3, -0.25) is 0 Å². The lowest BCUT2D eigenvalue weighted by atomic mass is 10.1. The summed E-state index contributed by atoms with van der Waals surface area (Å²) in [5.41, 5.74) is 6.97. The SMILES string of the molecule is CC(OCC(F)F)c1cccc(N)c1. The van der Waals surface area contributed by atoms with Gasteiger partial charge in [0.25, 0.3) is 6.43 Å². The molecular formula is C10H13F2NO. The number of nitrogen functional groups attached to an aromatic ring is 1. The zero-order valence-electron chi connectivity index (χ0n) is 7.91. The molecule has 0 saturated heterocycles. The van der Waals surface area contributed by atoms with Crippen LogP contribution < -0.4 is 5.73 Å². The average molecular weight is 201 g/mol. The molecule has 0 aliphatic rings. The van der Waals surface area contributed by atoms with Gasteiger partial charge in [0.15, 0.2) is 0 Å². The van der Waals surface area contributed by atoms with Gasteiger partial charge in [-0.25, -0.2) is 8.78 Å². The average Bonchev–Trinajstić information content (AvgIpc) is 2.14. The minimum atomic E-state index is -2.43. The minimum absolute atomic E-state index is 0.354. The van der Waals surface area contributed by atoms with E-state index in [9.17, 15) is 8.78 Å². The fraction of sp³-hybridized carbons (Fsp3) is 0.400. The van der Waals surface area contributed by atoms with E-state index in [4.69, 9.17) is 10.5 Å². The highest BCUT2D eigenvalue weighted by atomic mass is 19.3. The minimum Gasteiger partial charge on any atom is -0.399 e. The van der Waals surface area contributed by atoms with Crippen molar-refractivity contribution in [3.05, 3.63) is 29.8 Å². The largest absolute Gasteiger partial charge is 0.399 e. The third-order valence-corrected chi connectivity index (χ3v) is 1.85. The van der Waals surface area contributed by atoms with Gasteiger partial charge in [-0.15, -0.1) is 0 Å². The molecule has 14 heavy (non-hydrogen) atoms. The lowest BCUT2D eigenvalue weighted by Crippen LogP contribution is -2.08. The van der Waals surface area contributed by atoms with Crippen LogP contribution in [0.4, 0.5) is 14.5 Å². The Bertz CT molecular complexity index is 291. The first-order valence-corrected chi connectivity index (χ1v) is 4.35. The van der Waals surface area contributed by atoms with Crippen LogP contribution in [-0.2, 0) is 4.74 Å². The van der Waals surface area contributed by atoms with Crippen molar-refractivity contribution in [3.63, 3.8) is 0 Å². The van der Waals surface area contributed by atoms with Crippen molar-refractivity contribution in [1.29, 1.82) is 0 Å². The molecule has 1 rings (SSSR count). The second kappa shape index (κ2) is 4.91. The molecule has 0 aliphatic heterocycles. The van der Waals surface area contributed by atoms with Gasteiger partial charge in [0.1, 0.15) is 6.61 Å². The summed E-state index contributed by atoms with van der Waals surface area (Å²) in [5.74, 6) is 0. The highest BCUT2D eigenvalue weighted by Crippen LogP contribution is 2.19. The number of hydrogen-bond donors (Lipinski definition) is 1. The van der Waals surface area contributed by atoms with Crippen LogP contribution in [-0.4, -0.2) is 13.0 Å². The molecule has 2 nitrogen and oxygen atoms in total. The number of rotatable bonds is 4. The lowest BCUT2D eigenvalue weighted by molar-refractivity contribution is -0.0181. The molecule has 0 fully saturated rings. The fourth-order valence-corrected chi connectivity index (χ4v) is 1.13. The first-order chi connectivity index (χ1) is 6.59. The van der Waals surface area contributed by atoms with Gasteiger partial charge in [0, 0.05) is 5.69 Å². The van der Waals surface area contributed by atoms with E-state index in [0.717, 1.165) is 5.56 Å². The van der Waals surface area contributed by atoms with Crippen LogP contribution in [0.25, 0.3) is 0 Å². The molecule has 78 valence electrons. The maximum atomic E-state index is 11.8. The first kappa shape index (κ1) is 10.9. The van der Waals surface area contributed by atoms with Gasteiger partial charge in [0.05, 0.1) is 6.10 Å². The van der Waals surface area contributed by atoms with Crippen molar-refractivity contribution in [2.75, 3.05) is 12.3 Å². The van der Waals surface area contributed by atoms with Crippen molar-refractivity contribution < 1.29 is 13.5 Å². The second-order valence-corrected chi connectivity index (χ2v) is 3.04. The molecule has 0 spiro atoms. The Morgan fingerprint density at radius 2 is 2.14 bits per heavy atom. The molecule has 0 bridgehead atoms. The molecule has 0 radical (unpaired) electrons. The Labute approximate surface area is 81.7 Å². The molecule has 0 heterocycles. The lowest BCUT2D eigenvalue weighted by Gasteiger charge is -2.13. The normalized spacial score (nSPS) is 13.1. The molecule has 2 N–H and O–H groups in total. The highest BCUT2D eigenvalue weighted by molar-refractivity contribution is 5.41. The molecule has 1 aromatic carbocycles. The highest BCUT2D eigenvalue weighted by Gasteiger charge is 2.09. The summed E-state index contributed by atoms with van der Waals surface area (Å²) >= 11 is 0. The molecule has 0 amide bonds. The number of hydrogen-bond acceptors (Lipinski definition) is 2. The van der Waals surface area contributed by atoms with E-state index < -0.39 is 13.0 Å². The third kappa shape index (κ3) is 3.30. The predicted octanol–water partition coefficient (Wildman–Crippen LogP) is 2.61. The summed E-state index contributed by atoms with van der Waals surface area (Å²) in [5, 5.41) is 0. The Morgan fingerprint density at radius 1 is 1.43 bits per heavy atom. The monoisotopic (exact) mass is 201 g/mol. The van der Waals surface area contributed by atoms with E-state index in [-0.39, 0.29) is 6.10 Å². The summed E-state index contributed by atoms with van der Waals surface area (Å²) in [4.78, 5) is 0. The van der Waals surface area contributed by atoms with Crippen molar-refractivity contribution in [2.24, 2.45) is 0 Å². The van der Waals surface area contributed by atoms with E-state index in [1.807, 2.05) is 0 Å². The van der Waals surface area contributed by atoms with Gasteiger partial charge >= 0.3 is 0 Å². The standard InChI is InChI=1S/C10H13F2NO/c1-7(14-6-10(11)12)8-3-2-4-9(13)5-8/h2-5,7,10H,6,13H2,1H3. The Balaban J connectivity index is 2.56. The number of alkyl halides is 2. The molecule has 0 aliphatic carbocycles. The van der Waals surface area contributed by atoms with Gasteiger partial charge in [-0.2, -0.15) is 0 Å². The van der Waals surface area contributed by atoms with Crippen LogP contribution in [0.3, 0.4) is 0 Å². The molecule has 0 saturated carbocycles. The van der Waals surface area contributed by atoms with Gasteiger partial charge in [0.2, 0.25) is 0 Å². The number of benzene rings is 1. The number of ether oxygens (including phenoxy) is 1. The van der Waals surface area contributed by atoms with Crippen LogP contribution in [0.1, 0.15) is 18.6 Å². The number of halogens is 2. The van der Waals surface area contributed by atoms with Crippen molar-refractivity contribution in [3.8, 4) is 0 Å². The van der Waals surface area contributed by atoms with Crippen LogP contribution in [0, 0.1) is 0 Å². The molecule has 1 unspecified atom stereocenters. The van der Waals surface area contributed by atoms with Gasteiger partial charge < -0.3 is 10.5 Å². The summed E-state index contributed by atoms with van der Waals surface area (Å²) in [6, 6.07) is 7.03. The Kier molecular flexibility index (Phi) is 3.83. The van der Waals surface area contributed by atoms with E-state index in [1.165, 1.54) is 0 Å². The van der Waals surface area contributed by atoms with Crippen LogP contribution in [0.15, 0.2) is 24.3 Å². The topological polar surface area (TPSA) is 35.2 Å². The first-order valence-electron chi connectivity index (χ1n) is 4.35. The molecule has 0 aromatic heterocycles. The zero-order chi connectivity index (χ0) is 10.6.